The van der Waals surface area contributed by atoms with E-state index in [1.54, 1.807) is 12.2 Å². The van der Waals surface area contributed by atoms with Crippen molar-refractivity contribution >= 4 is 6.29 Å². The minimum atomic E-state index is -0.514. The molecule has 0 spiro atoms. The first-order valence-corrected chi connectivity index (χ1v) is 3.99. The van der Waals surface area contributed by atoms with Crippen molar-refractivity contribution in [3.8, 4) is 0 Å². The molecule has 0 aromatic rings. The molecule has 0 bridgehead atoms. The van der Waals surface area contributed by atoms with Crippen molar-refractivity contribution in [3.63, 3.8) is 0 Å². The lowest BCUT2D eigenvalue weighted by atomic mass is 10.0. The van der Waals surface area contributed by atoms with Crippen LogP contribution in [0.4, 0.5) is 0 Å². The van der Waals surface area contributed by atoms with E-state index in [9.17, 15) is 4.79 Å². The molecule has 0 aromatic carbocycles. The van der Waals surface area contributed by atoms with E-state index in [2.05, 4.69) is 5.73 Å². The van der Waals surface area contributed by atoms with Crippen molar-refractivity contribution in [1.29, 1.82) is 0 Å². The van der Waals surface area contributed by atoms with Crippen LogP contribution in [0.3, 0.4) is 0 Å². The van der Waals surface area contributed by atoms with Gasteiger partial charge in [0.1, 0.15) is 6.29 Å². The van der Waals surface area contributed by atoms with Crippen molar-refractivity contribution in [2.24, 2.45) is 5.92 Å². The van der Waals surface area contributed by atoms with Gasteiger partial charge in [-0.1, -0.05) is 19.1 Å². The Balaban J connectivity index is 2.60. The van der Waals surface area contributed by atoms with E-state index in [0.717, 1.165) is 11.9 Å². The molecule has 64 valence electrons. The number of rotatable bonds is 3. The molecule has 2 nitrogen and oxygen atoms in total. The van der Waals surface area contributed by atoms with Crippen molar-refractivity contribution in [1.82, 2.24) is 0 Å². The van der Waals surface area contributed by atoms with Crippen LogP contribution in [0.1, 0.15) is 13.3 Å². The molecule has 0 aliphatic heterocycles. The Bertz CT molecular complexity index is 257. The SMILES string of the molecule is CC(C=O)CC1=C=CC(O)C=C1. The van der Waals surface area contributed by atoms with E-state index >= 15 is 0 Å². The largest absolute Gasteiger partial charge is 0.384 e. The van der Waals surface area contributed by atoms with Crippen LogP contribution in [0.15, 0.2) is 29.5 Å². The predicted octanol–water partition coefficient (Wildman–Crippen LogP) is 1.22. The first kappa shape index (κ1) is 8.98. The summed E-state index contributed by atoms with van der Waals surface area (Å²) in [5.74, 6) is 0.0285. The fourth-order valence-corrected chi connectivity index (χ4v) is 1.03. The van der Waals surface area contributed by atoms with Gasteiger partial charge in [-0.3, -0.25) is 0 Å². The Labute approximate surface area is 71.9 Å². The summed E-state index contributed by atoms with van der Waals surface area (Å²) in [6.07, 6.45) is 6.19. The van der Waals surface area contributed by atoms with Crippen molar-refractivity contribution in [3.05, 3.63) is 29.5 Å². The first-order chi connectivity index (χ1) is 5.72. The Morgan fingerprint density at radius 1 is 1.83 bits per heavy atom. The van der Waals surface area contributed by atoms with Crippen LogP contribution in [-0.2, 0) is 4.79 Å². The first-order valence-electron chi connectivity index (χ1n) is 3.99. The molecule has 0 radical (unpaired) electrons. The van der Waals surface area contributed by atoms with Gasteiger partial charge in [0.25, 0.3) is 0 Å². The molecule has 0 fully saturated rings. The second-order valence-corrected chi connectivity index (χ2v) is 3.00. The number of carbonyl (C=O) groups is 1. The summed E-state index contributed by atoms with van der Waals surface area (Å²) in [5, 5.41) is 9.03. The van der Waals surface area contributed by atoms with Gasteiger partial charge in [0.15, 0.2) is 0 Å². The molecular weight excluding hydrogens is 152 g/mol. The van der Waals surface area contributed by atoms with Gasteiger partial charge in [-0.25, -0.2) is 0 Å². The average molecular weight is 164 g/mol. The summed E-state index contributed by atoms with van der Waals surface area (Å²) < 4.78 is 0. The normalized spacial score (nSPS) is 23.5. The highest BCUT2D eigenvalue weighted by atomic mass is 16.3. The molecule has 0 aromatic heterocycles. The van der Waals surface area contributed by atoms with Crippen molar-refractivity contribution < 1.29 is 9.90 Å². The molecule has 0 heterocycles. The number of aliphatic hydroxyl groups excluding tert-OH is 1. The number of hydrogen-bond donors (Lipinski definition) is 1. The highest BCUT2D eigenvalue weighted by Gasteiger charge is 2.04. The molecular formula is C10H12O2. The van der Waals surface area contributed by atoms with Crippen LogP contribution in [0.5, 0.6) is 0 Å². The van der Waals surface area contributed by atoms with Crippen LogP contribution in [0.25, 0.3) is 0 Å². The molecule has 0 saturated heterocycles. The van der Waals surface area contributed by atoms with Crippen LogP contribution in [0, 0.1) is 5.92 Å². The molecule has 1 rings (SSSR count). The Morgan fingerprint density at radius 2 is 2.58 bits per heavy atom. The van der Waals surface area contributed by atoms with Gasteiger partial charge in [-0.2, -0.15) is 0 Å². The summed E-state index contributed by atoms with van der Waals surface area (Å²) in [6.45, 7) is 1.86. The maximum absolute atomic E-state index is 10.3. The molecule has 0 saturated carbocycles. The zero-order valence-corrected chi connectivity index (χ0v) is 7.03. The second kappa shape index (κ2) is 4.05. The Hall–Kier alpha value is -1.11. The quantitative estimate of drug-likeness (QED) is 0.503. The summed E-state index contributed by atoms with van der Waals surface area (Å²) in [5.41, 5.74) is 3.90. The van der Waals surface area contributed by atoms with E-state index < -0.39 is 6.10 Å². The third-order valence-corrected chi connectivity index (χ3v) is 1.71. The zero-order chi connectivity index (χ0) is 8.97. The van der Waals surface area contributed by atoms with Gasteiger partial charge >= 0.3 is 0 Å². The molecule has 1 aliphatic carbocycles. The molecule has 2 heteroatoms. The van der Waals surface area contributed by atoms with Gasteiger partial charge in [-0.15, -0.1) is 5.73 Å². The molecule has 12 heavy (non-hydrogen) atoms. The lowest BCUT2D eigenvalue weighted by molar-refractivity contribution is -0.110. The standard InChI is InChI=1S/C10H12O2/c1-8(7-11)6-9-2-4-10(12)5-3-9/h2,4-5,7-8,10,12H,6H2,1H3. The lowest BCUT2D eigenvalue weighted by Crippen LogP contribution is -2.01. The number of carbonyl (C=O) groups excluding carboxylic acids is 1. The number of allylic oxidation sites excluding steroid dienone is 1. The Kier molecular flexibility index (Phi) is 3.03. The maximum atomic E-state index is 10.3. The molecule has 2 atom stereocenters. The monoisotopic (exact) mass is 164 g/mol. The highest BCUT2D eigenvalue weighted by molar-refractivity contribution is 5.54. The van der Waals surface area contributed by atoms with E-state index in [1.165, 1.54) is 0 Å². The van der Waals surface area contributed by atoms with Crippen LogP contribution < -0.4 is 0 Å². The van der Waals surface area contributed by atoms with E-state index in [4.69, 9.17) is 5.11 Å². The fraction of sp³-hybridized carbons (Fsp3) is 0.400. The zero-order valence-electron chi connectivity index (χ0n) is 7.03. The average Bonchev–Trinajstić information content (AvgIpc) is 2.09. The van der Waals surface area contributed by atoms with E-state index in [1.807, 2.05) is 13.0 Å². The fourth-order valence-electron chi connectivity index (χ4n) is 1.03. The minimum Gasteiger partial charge on any atom is -0.384 e. The highest BCUT2D eigenvalue weighted by Crippen LogP contribution is 2.12. The predicted molar refractivity (Wildman–Crippen MR) is 46.6 cm³/mol. The van der Waals surface area contributed by atoms with Gasteiger partial charge in [0, 0.05) is 5.92 Å². The smallest absolute Gasteiger partial charge is 0.123 e. The minimum absolute atomic E-state index is 0.0285. The Morgan fingerprint density at radius 3 is 3.08 bits per heavy atom. The lowest BCUT2D eigenvalue weighted by Gasteiger charge is -2.06. The second-order valence-electron chi connectivity index (χ2n) is 3.00. The molecule has 0 amide bonds. The molecule has 1 N–H and O–H groups in total. The van der Waals surface area contributed by atoms with Gasteiger partial charge < -0.3 is 9.90 Å². The van der Waals surface area contributed by atoms with Gasteiger partial charge in [-0.05, 0) is 18.1 Å². The van der Waals surface area contributed by atoms with Crippen molar-refractivity contribution in [2.75, 3.05) is 0 Å². The van der Waals surface area contributed by atoms with Crippen molar-refractivity contribution in [2.45, 2.75) is 19.4 Å². The maximum Gasteiger partial charge on any atom is 0.123 e. The topological polar surface area (TPSA) is 37.3 Å². The van der Waals surface area contributed by atoms with Crippen LogP contribution in [0.2, 0.25) is 0 Å². The van der Waals surface area contributed by atoms with E-state index in [-0.39, 0.29) is 5.92 Å². The number of aliphatic hydroxyl groups is 1. The van der Waals surface area contributed by atoms with Gasteiger partial charge in [0.2, 0.25) is 0 Å². The number of aldehydes is 1. The third kappa shape index (κ3) is 2.50. The summed E-state index contributed by atoms with van der Waals surface area (Å²) in [4.78, 5) is 10.3. The van der Waals surface area contributed by atoms with E-state index in [0.29, 0.717) is 6.42 Å². The third-order valence-electron chi connectivity index (χ3n) is 1.71. The summed E-state index contributed by atoms with van der Waals surface area (Å²) in [7, 11) is 0. The number of hydrogen-bond acceptors (Lipinski definition) is 2. The summed E-state index contributed by atoms with van der Waals surface area (Å²) >= 11 is 0. The van der Waals surface area contributed by atoms with Crippen LogP contribution in [-0.4, -0.2) is 17.5 Å². The van der Waals surface area contributed by atoms with Gasteiger partial charge in [0.05, 0.1) is 6.10 Å². The summed E-state index contributed by atoms with van der Waals surface area (Å²) in [6, 6.07) is 0. The molecule has 2 unspecified atom stereocenters. The van der Waals surface area contributed by atoms with Crippen LogP contribution >= 0.6 is 0 Å². The molecule has 1 aliphatic rings.